The van der Waals surface area contributed by atoms with Crippen molar-refractivity contribution in [3.63, 3.8) is 0 Å². The Labute approximate surface area is 177 Å². The second kappa shape index (κ2) is 9.40. The summed E-state index contributed by atoms with van der Waals surface area (Å²) in [5, 5.41) is 2.65. The molecule has 0 aliphatic carbocycles. The van der Waals surface area contributed by atoms with Crippen LogP contribution in [0.1, 0.15) is 35.2 Å². The van der Waals surface area contributed by atoms with Crippen molar-refractivity contribution in [3.8, 4) is 0 Å². The molecule has 0 aromatic heterocycles. The van der Waals surface area contributed by atoms with Gasteiger partial charge in [-0.25, -0.2) is 8.42 Å². The van der Waals surface area contributed by atoms with Gasteiger partial charge in [0.15, 0.2) is 0 Å². The summed E-state index contributed by atoms with van der Waals surface area (Å²) in [7, 11) is -3.66. The van der Waals surface area contributed by atoms with Gasteiger partial charge < -0.3 is 5.32 Å². The predicted octanol–water partition coefficient (Wildman–Crippen LogP) is 4.40. The van der Waals surface area contributed by atoms with Crippen LogP contribution in [0.3, 0.4) is 0 Å². The lowest BCUT2D eigenvalue weighted by molar-refractivity contribution is -0.0328. The average Bonchev–Trinajstić information content (AvgIpc) is 2.72. The highest BCUT2D eigenvalue weighted by atomic mass is 32.2. The van der Waals surface area contributed by atoms with E-state index in [9.17, 15) is 26.4 Å². The lowest BCUT2D eigenvalue weighted by atomic mass is 10.2. The fourth-order valence-electron chi connectivity index (χ4n) is 3.23. The van der Waals surface area contributed by atoms with E-state index in [0.717, 1.165) is 19.3 Å². The van der Waals surface area contributed by atoms with E-state index in [2.05, 4.69) is 5.32 Å². The van der Waals surface area contributed by atoms with E-state index >= 15 is 0 Å². The Kier molecular flexibility index (Phi) is 7.10. The van der Waals surface area contributed by atoms with Gasteiger partial charge in [-0.15, -0.1) is 0 Å². The van der Waals surface area contributed by atoms with Crippen LogP contribution in [-0.4, -0.2) is 37.2 Å². The molecular formula is C20H21F3N2O3S2. The summed E-state index contributed by atoms with van der Waals surface area (Å²) < 4.78 is 64.7. The Morgan fingerprint density at radius 1 is 1.00 bits per heavy atom. The normalized spacial score (nSPS) is 15.7. The Hall–Kier alpha value is -2.04. The SMILES string of the molecule is O=C(NCc1ccccc1S(=O)(=O)N1CCCCC1)c1ccc(SC(F)(F)F)cc1. The van der Waals surface area contributed by atoms with Gasteiger partial charge in [-0.05, 0) is 60.5 Å². The minimum atomic E-state index is -4.40. The molecule has 0 radical (unpaired) electrons. The van der Waals surface area contributed by atoms with E-state index in [1.807, 2.05) is 0 Å². The van der Waals surface area contributed by atoms with Crippen LogP contribution in [0.4, 0.5) is 13.2 Å². The van der Waals surface area contributed by atoms with E-state index in [4.69, 9.17) is 0 Å². The molecule has 3 rings (SSSR count). The lowest BCUT2D eigenvalue weighted by Gasteiger charge is -2.26. The third-order valence-electron chi connectivity index (χ3n) is 4.69. The molecule has 1 amide bonds. The van der Waals surface area contributed by atoms with Crippen LogP contribution in [-0.2, 0) is 16.6 Å². The summed E-state index contributed by atoms with van der Waals surface area (Å²) in [6, 6.07) is 11.6. The molecule has 0 bridgehead atoms. The zero-order chi connectivity index (χ0) is 21.8. The number of nitrogens with one attached hydrogen (secondary N) is 1. The summed E-state index contributed by atoms with van der Waals surface area (Å²) in [4.78, 5) is 12.5. The number of hydrogen-bond acceptors (Lipinski definition) is 4. The standard InChI is InChI=1S/C20H21F3N2O3S2/c21-20(22,23)29-17-10-8-15(9-11-17)19(26)24-14-16-6-2-3-7-18(16)30(27,28)25-12-4-1-5-13-25/h2-3,6-11H,1,4-5,12-14H2,(H,24,26). The summed E-state index contributed by atoms with van der Waals surface area (Å²) >= 11 is -0.254. The number of carbonyl (C=O) groups is 1. The maximum Gasteiger partial charge on any atom is 0.446 e. The molecule has 0 atom stereocenters. The number of halogens is 3. The molecule has 1 fully saturated rings. The highest BCUT2D eigenvalue weighted by molar-refractivity contribution is 8.00. The molecule has 2 aromatic carbocycles. The monoisotopic (exact) mass is 458 g/mol. The molecule has 1 aliphatic rings. The minimum absolute atomic E-state index is 0.0128. The molecule has 30 heavy (non-hydrogen) atoms. The van der Waals surface area contributed by atoms with Crippen molar-refractivity contribution in [1.82, 2.24) is 9.62 Å². The van der Waals surface area contributed by atoms with Gasteiger partial charge in [0.25, 0.3) is 5.91 Å². The number of carbonyl (C=O) groups excluding carboxylic acids is 1. The van der Waals surface area contributed by atoms with E-state index < -0.39 is 21.4 Å². The summed E-state index contributed by atoms with van der Waals surface area (Å²) in [6.07, 6.45) is 2.64. The molecule has 1 heterocycles. The van der Waals surface area contributed by atoms with Crippen LogP contribution >= 0.6 is 11.8 Å². The van der Waals surface area contributed by atoms with Crippen molar-refractivity contribution >= 4 is 27.7 Å². The van der Waals surface area contributed by atoms with Crippen molar-refractivity contribution in [2.24, 2.45) is 0 Å². The second-order valence-electron chi connectivity index (χ2n) is 6.83. The zero-order valence-corrected chi connectivity index (χ0v) is 17.6. The molecule has 5 nitrogen and oxygen atoms in total. The Morgan fingerprint density at radius 3 is 2.27 bits per heavy atom. The van der Waals surface area contributed by atoms with Crippen molar-refractivity contribution in [1.29, 1.82) is 0 Å². The average molecular weight is 459 g/mol. The van der Waals surface area contributed by atoms with Crippen molar-refractivity contribution in [2.45, 2.75) is 41.1 Å². The van der Waals surface area contributed by atoms with Crippen molar-refractivity contribution < 1.29 is 26.4 Å². The van der Waals surface area contributed by atoms with Gasteiger partial charge in [0, 0.05) is 30.1 Å². The molecule has 10 heteroatoms. The molecule has 0 saturated carbocycles. The molecular weight excluding hydrogens is 437 g/mol. The number of hydrogen-bond donors (Lipinski definition) is 1. The van der Waals surface area contributed by atoms with E-state index in [1.54, 1.807) is 18.2 Å². The van der Waals surface area contributed by atoms with Crippen LogP contribution < -0.4 is 5.32 Å². The largest absolute Gasteiger partial charge is 0.446 e. The first-order chi connectivity index (χ1) is 14.2. The molecule has 2 aromatic rings. The van der Waals surface area contributed by atoms with Gasteiger partial charge in [-0.3, -0.25) is 4.79 Å². The number of nitrogens with zero attached hydrogens (tertiary/aromatic N) is 1. The van der Waals surface area contributed by atoms with E-state index in [1.165, 1.54) is 34.6 Å². The van der Waals surface area contributed by atoms with Gasteiger partial charge in [0.1, 0.15) is 0 Å². The Balaban J connectivity index is 1.70. The predicted molar refractivity (Wildman–Crippen MR) is 109 cm³/mol. The highest BCUT2D eigenvalue weighted by Gasteiger charge is 2.29. The maximum absolute atomic E-state index is 13.0. The third-order valence-corrected chi connectivity index (χ3v) is 7.43. The molecule has 1 saturated heterocycles. The number of rotatable bonds is 6. The third kappa shape index (κ3) is 5.77. The molecule has 0 spiro atoms. The van der Waals surface area contributed by atoms with Crippen molar-refractivity contribution in [2.75, 3.05) is 13.1 Å². The maximum atomic E-state index is 13.0. The molecule has 1 aliphatic heterocycles. The van der Waals surface area contributed by atoms with Crippen LogP contribution in [0, 0.1) is 0 Å². The summed E-state index contributed by atoms with van der Waals surface area (Å²) in [5.41, 5.74) is -3.74. The van der Waals surface area contributed by atoms with E-state index in [-0.39, 0.29) is 33.7 Å². The lowest BCUT2D eigenvalue weighted by Crippen LogP contribution is -2.36. The molecule has 0 unspecified atom stereocenters. The topological polar surface area (TPSA) is 66.5 Å². The minimum Gasteiger partial charge on any atom is -0.348 e. The zero-order valence-electron chi connectivity index (χ0n) is 16.0. The smallest absolute Gasteiger partial charge is 0.348 e. The summed E-state index contributed by atoms with van der Waals surface area (Å²) in [6.45, 7) is 0.942. The van der Waals surface area contributed by atoms with Gasteiger partial charge >= 0.3 is 5.51 Å². The summed E-state index contributed by atoms with van der Waals surface area (Å²) in [5.74, 6) is -0.497. The van der Waals surface area contributed by atoms with Gasteiger partial charge in [0.2, 0.25) is 10.0 Å². The Morgan fingerprint density at radius 2 is 1.63 bits per heavy atom. The van der Waals surface area contributed by atoms with E-state index in [0.29, 0.717) is 18.7 Å². The van der Waals surface area contributed by atoms with Crippen LogP contribution in [0.5, 0.6) is 0 Å². The number of benzene rings is 2. The first kappa shape index (κ1) is 22.6. The first-order valence-corrected chi connectivity index (χ1v) is 11.6. The number of thioether (sulfide) groups is 1. The molecule has 1 N–H and O–H groups in total. The fraction of sp³-hybridized carbons (Fsp3) is 0.350. The van der Waals surface area contributed by atoms with Crippen LogP contribution in [0.15, 0.2) is 58.3 Å². The number of alkyl halides is 3. The van der Waals surface area contributed by atoms with Crippen LogP contribution in [0.2, 0.25) is 0 Å². The number of piperidine rings is 1. The van der Waals surface area contributed by atoms with Gasteiger partial charge in [0.05, 0.1) is 4.90 Å². The second-order valence-corrected chi connectivity index (χ2v) is 9.87. The Bertz CT molecular complexity index is 987. The van der Waals surface area contributed by atoms with Gasteiger partial charge in [-0.2, -0.15) is 17.5 Å². The molecule has 162 valence electrons. The number of sulfonamides is 1. The fourth-order valence-corrected chi connectivity index (χ4v) is 5.51. The van der Waals surface area contributed by atoms with Crippen molar-refractivity contribution in [3.05, 3.63) is 59.7 Å². The quantitative estimate of drug-likeness (QED) is 0.652. The van der Waals surface area contributed by atoms with Crippen LogP contribution in [0.25, 0.3) is 0 Å². The van der Waals surface area contributed by atoms with Gasteiger partial charge in [-0.1, -0.05) is 24.6 Å². The number of amides is 1. The highest BCUT2D eigenvalue weighted by Crippen LogP contribution is 2.36. The first-order valence-electron chi connectivity index (χ1n) is 9.39.